The Morgan fingerprint density at radius 2 is 2.22 bits per heavy atom. The molecule has 2 unspecified atom stereocenters. The normalized spacial score (nSPS) is 20.7. The smallest absolute Gasteiger partial charge is 0.321 e. The molecule has 2 N–H and O–H groups in total. The second kappa shape index (κ2) is 8.42. The van der Waals surface area contributed by atoms with Gasteiger partial charge in [-0.15, -0.1) is 11.8 Å². The Labute approximate surface area is 141 Å². The quantitative estimate of drug-likeness (QED) is 0.699. The van der Waals surface area contributed by atoms with E-state index >= 15 is 0 Å². The lowest BCUT2D eigenvalue weighted by Crippen LogP contribution is -2.33. The summed E-state index contributed by atoms with van der Waals surface area (Å²) in [5.41, 5.74) is 0.997. The minimum absolute atomic E-state index is 0.0345. The van der Waals surface area contributed by atoms with Gasteiger partial charge >= 0.3 is 5.97 Å². The number of rotatable bonds is 8. The SMILES string of the molecule is COc1cc(C2NC(C(=O)O)CS2)ccc1OCCCN(C)C. The molecule has 1 aromatic carbocycles. The number of hydrogen-bond acceptors (Lipinski definition) is 6. The van der Waals surface area contributed by atoms with Crippen LogP contribution in [-0.4, -0.2) is 62.1 Å². The fraction of sp³-hybridized carbons (Fsp3) is 0.562. The summed E-state index contributed by atoms with van der Waals surface area (Å²) in [5.74, 6) is 1.14. The molecule has 0 aliphatic carbocycles. The Bertz CT molecular complexity index is 539. The van der Waals surface area contributed by atoms with Crippen molar-refractivity contribution >= 4 is 17.7 Å². The van der Waals surface area contributed by atoms with Crippen LogP contribution < -0.4 is 14.8 Å². The molecule has 0 bridgehead atoms. The maximum Gasteiger partial charge on any atom is 0.321 e. The predicted octanol–water partition coefficient (Wildman–Crippen LogP) is 1.81. The van der Waals surface area contributed by atoms with Crippen LogP contribution in [0.2, 0.25) is 0 Å². The number of carboxylic acids is 1. The lowest BCUT2D eigenvalue weighted by Gasteiger charge is -2.16. The van der Waals surface area contributed by atoms with E-state index in [-0.39, 0.29) is 5.37 Å². The second-order valence-corrected chi connectivity index (χ2v) is 6.82. The van der Waals surface area contributed by atoms with E-state index in [1.807, 2.05) is 32.3 Å². The van der Waals surface area contributed by atoms with Crippen molar-refractivity contribution in [3.8, 4) is 11.5 Å². The summed E-state index contributed by atoms with van der Waals surface area (Å²) in [5, 5.41) is 12.1. The van der Waals surface area contributed by atoms with E-state index in [2.05, 4.69) is 10.2 Å². The van der Waals surface area contributed by atoms with Crippen LogP contribution in [-0.2, 0) is 4.79 Å². The van der Waals surface area contributed by atoms with Gasteiger partial charge in [-0.1, -0.05) is 6.07 Å². The van der Waals surface area contributed by atoms with Crippen LogP contribution in [0.15, 0.2) is 18.2 Å². The van der Waals surface area contributed by atoms with Gasteiger partial charge < -0.3 is 19.5 Å². The molecule has 1 heterocycles. The molecular weight excluding hydrogens is 316 g/mol. The van der Waals surface area contributed by atoms with Gasteiger partial charge in [0.1, 0.15) is 6.04 Å². The van der Waals surface area contributed by atoms with E-state index in [0.717, 1.165) is 18.5 Å². The van der Waals surface area contributed by atoms with Crippen molar-refractivity contribution in [3.05, 3.63) is 23.8 Å². The van der Waals surface area contributed by atoms with E-state index in [1.165, 1.54) is 0 Å². The third-order valence-corrected chi connectivity index (χ3v) is 4.85. The third-order valence-electron chi connectivity index (χ3n) is 3.58. The van der Waals surface area contributed by atoms with Gasteiger partial charge in [0.25, 0.3) is 0 Å². The monoisotopic (exact) mass is 340 g/mol. The standard InChI is InChI=1S/C16H24N2O4S/c1-18(2)7-4-8-22-13-6-5-11(9-14(13)21-3)15-17-12(10-23-15)16(19)20/h5-6,9,12,15,17H,4,7-8,10H2,1-3H3,(H,19,20). The molecule has 1 aliphatic rings. The van der Waals surface area contributed by atoms with Crippen LogP contribution in [0.4, 0.5) is 0 Å². The van der Waals surface area contributed by atoms with E-state index < -0.39 is 12.0 Å². The third kappa shape index (κ3) is 5.02. The van der Waals surface area contributed by atoms with Gasteiger partial charge in [-0.25, -0.2) is 0 Å². The first-order chi connectivity index (χ1) is 11.0. The summed E-state index contributed by atoms with van der Waals surface area (Å²) in [6.07, 6.45) is 0.943. The van der Waals surface area contributed by atoms with Gasteiger partial charge in [0.2, 0.25) is 0 Å². The zero-order chi connectivity index (χ0) is 16.8. The van der Waals surface area contributed by atoms with Gasteiger partial charge in [0.05, 0.1) is 19.1 Å². The molecule has 0 aromatic heterocycles. The molecule has 0 spiro atoms. The van der Waals surface area contributed by atoms with Crippen LogP contribution >= 0.6 is 11.8 Å². The number of methoxy groups -OCH3 is 1. The second-order valence-electron chi connectivity index (χ2n) is 5.69. The number of aliphatic carboxylic acids is 1. The Morgan fingerprint density at radius 1 is 1.43 bits per heavy atom. The summed E-state index contributed by atoms with van der Waals surface area (Å²) >= 11 is 1.59. The number of nitrogens with zero attached hydrogens (tertiary/aromatic N) is 1. The number of benzene rings is 1. The fourth-order valence-electron chi connectivity index (χ4n) is 2.34. The molecule has 1 saturated heterocycles. The molecule has 1 fully saturated rings. The minimum atomic E-state index is -0.812. The molecule has 1 aliphatic heterocycles. The molecule has 7 heteroatoms. The molecule has 2 rings (SSSR count). The highest BCUT2D eigenvalue weighted by Gasteiger charge is 2.30. The van der Waals surface area contributed by atoms with E-state index in [4.69, 9.17) is 14.6 Å². The number of carboxylic acid groups (broad SMARTS) is 1. The zero-order valence-corrected chi connectivity index (χ0v) is 14.6. The van der Waals surface area contributed by atoms with Crippen LogP contribution in [0, 0.1) is 0 Å². The predicted molar refractivity (Wildman–Crippen MR) is 91.4 cm³/mol. The topological polar surface area (TPSA) is 71.0 Å². The maximum absolute atomic E-state index is 11.0. The highest BCUT2D eigenvalue weighted by molar-refractivity contribution is 7.99. The van der Waals surface area contributed by atoms with Crippen molar-refractivity contribution in [1.82, 2.24) is 10.2 Å². The molecule has 0 saturated carbocycles. The Balaban J connectivity index is 1.98. The molecular formula is C16H24N2O4S. The van der Waals surface area contributed by atoms with Crippen molar-refractivity contribution in [3.63, 3.8) is 0 Å². The summed E-state index contributed by atoms with van der Waals surface area (Å²) < 4.78 is 11.2. The van der Waals surface area contributed by atoms with Gasteiger partial charge in [-0.3, -0.25) is 10.1 Å². The van der Waals surface area contributed by atoms with Crippen molar-refractivity contribution in [2.24, 2.45) is 0 Å². The fourth-order valence-corrected chi connectivity index (χ4v) is 3.56. The Morgan fingerprint density at radius 3 is 2.83 bits per heavy atom. The van der Waals surface area contributed by atoms with Crippen molar-refractivity contribution in [1.29, 1.82) is 0 Å². The van der Waals surface area contributed by atoms with Crippen molar-refractivity contribution in [2.45, 2.75) is 17.8 Å². The first kappa shape index (κ1) is 17.9. The number of thioether (sulfide) groups is 1. The number of carbonyl (C=O) groups is 1. The maximum atomic E-state index is 11.0. The number of ether oxygens (including phenoxy) is 2. The van der Waals surface area contributed by atoms with Gasteiger partial charge in [0, 0.05) is 12.3 Å². The molecule has 6 nitrogen and oxygen atoms in total. The first-order valence-electron chi connectivity index (χ1n) is 7.57. The van der Waals surface area contributed by atoms with Gasteiger partial charge in [0.15, 0.2) is 11.5 Å². The molecule has 2 atom stereocenters. The van der Waals surface area contributed by atoms with Crippen molar-refractivity contribution in [2.75, 3.05) is 40.1 Å². The Kier molecular flexibility index (Phi) is 6.56. The Hall–Kier alpha value is -1.44. The summed E-state index contributed by atoms with van der Waals surface area (Å²) in [4.78, 5) is 13.1. The van der Waals surface area contributed by atoms with Crippen LogP contribution in [0.25, 0.3) is 0 Å². The van der Waals surface area contributed by atoms with Crippen LogP contribution in [0.3, 0.4) is 0 Å². The molecule has 128 valence electrons. The van der Waals surface area contributed by atoms with E-state index in [9.17, 15) is 4.79 Å². The van der Waals surface area contributed by atoms with E-state index in [1.54, 1.807) is 18.9 Å². The number of nitrogens with one attached hydrogen (secondary N) is 1. The summed E-state index contributed by atoms with van der Waals surface area (Å²) in [6.45, 7) is 1.60. The van der Waals surface area contributed by atoms with Gasteiger partial charge in [-0.2, -0.15) is 0 Å². The highest BCUT2D eigenvalue weighted by Crippen LogP contribution is 2.37. The number of hydrogen-bond donors (Lipinski definition) is 2. The lowest BCUT2D eigenvalue weighted by atomic mass is 10.2. The minimum Gasteiger partial charge on any atom is -0.493 e. The zero-order valence-electron chi connectivity index (χ0n) is 13.7. The van der Waals surface area contributed by atoms with Crippen LogP contribution in [0.1, 0.15) is 17.4 Å². The average molecular weight is 340 g/mol. The first-order valence-corrected chi connectivity index (χ1v) is 8.62. The molecule has 1 aromatic rings. The van der Waals surface area contributed by atoms with E-state index in [0.29, 0.717) is 23.9 Å². The lowest BCUT2D eigenvalue weighted by molar-refractivity contribution is -0.138. The van der Waals surface area contributed by atoms with Crippen LogP contribution in [0.5, 0.6) is 11.5 Å². The largest absolute Gasteiger partial charge is 0.493 e. The molecule has 23 heavy (non-hydrogen) atoms. The summed E-state index contributed by atoms with van der Waals surface area (Å²) in [6, 6.07) is 5.26. The average Bonchev–Trinajstić information content (AvgIpc) is 3.01. The van der Waals surface area contributed by atoms with Gasteiger partial charge in [-0.05, 0) is 38.2 Å². The van der Waals surface area contributed by atoms with Crippen molar-refractivity contribution < 1.29 is 19.4 Å². The molecule has 0 amide bonds. The highest BCUT2D eigenvalue weighted by atomic mass is 32.2. The summed E-state index contributed by atoms with van der Waals surface area (Å²) in [7, 11) is 5.68. The molecule has 0 radical (unpaired) electrons.